The van der Waals surface area contributed by atoms with E-state index in [0.717, 1.165) is 11.0 Å². The monoisotopic (exact) mass is 539 g/mol. The Labute approximate surface area is 225 Å². The van der Waals surface area contributed by atoms with Gasteiger partial charge in [0.15, 0.2) is 0 Å². The van der Waals surface area contributed by atoms with Gasteiger partial charge in [-0.2, -0.15) is 5.10 Å². The summed E-state index contributed by atoms with van der Waals surface area (Å²) in [6.45, 7) is 3.07. The minimum atomic E-state index is -1.13. The van der Waals surface area contributed by atoms with Crippen molar-refractivity contribution >= 4 is 29.5 Å². The fraction of sp³-hybridized carbons (Fsp3) is 0.370. The lowest BCUT2D eigenvalue weighted by molar-refractivity contribution is -0.157. The van der Waals surface area contributed by atoms with Gasteiger partial charge in [0, 0.05) is 44.5 Å². The third-order valence-electron chi connectivity index (χ3n) is 7.31. The maximum Gasteiger partial charge on any atom is 0.327 e. The van der Waals surface area contributed by atoms with Gasteiger partial charge in [-0.3, -0.25) is 24.1 Å². The first-order chi connectivity index (χ1) is 18.5. The SMILES string of the molecule is CCC(c1ccc(F)c(C)c1F)N(C)C(=O)N1C(=O)[C@H](Cc2ccnc(N)c2)[C@H]1C(=O)N(C)c1ccnn1C. The Morgan fingerprint density at radius 2 is 1.87 bits per heavy atom. The molecule has 39 heavy (non-hydrogen) atoms. The Balaban J connectivity index is 1.67. The van der Waals surface area contributed by atoms with E-state index < -0.39 is 47.5 Å². The Morgan fingerprint density at radius 3 is 2.49 bits per heavy atom. The van der Waals surface area contributed by atoms with Gasteiger partial charge in [0.25, 0.3) is 5.91 Å². The summed E-state index contributed by atoms with van der Waals surface area (Å²) in [7, 11) is 4.65. The molecule has 4 rings (SSSR count). The largest absolute Gasteiger partial charge is 0.384 e. The van der Waals surface area contributed by atoms with Crippen LogP contribution in [-0.4, -0.2) is 62.5 Å². The van der Waals surface area contributed by atoms with E-state index in [0.29, 0.717) is 17.8 Å². The first-order valence-corrected chi connectivity index (χ1v) is 12.5. The molecule has 0 radical (unpaired) electrons. The summed E-state index contributed by atoms with van der Waals surface area (Å²) in [6.07, 6.45) is 3.50. The van der Waals surface area contributed by atoms with Crippen molar-refractivity contribution in [2.45, 2.75) is 38.8 Å². The Morgan fingerprint density at radius 1 is 1.15 bits per heavy atom. The Hall–Kier alpha value is -4.35. The van der Waals surface area contributed by atoms with E-state index in [9.17, 15) is 23.2 Å². The highest BCUT2D eigenvalue weighted by Crippen LogP contribution is 2.36. The van der Waals surface area contributed by atoms with Gasteiger partial charge >= 0.3 is 6.03 Å². The number of urea groups is 1. The van der Waals surface area contributed by atoms with E-state index in [2.05, 4.69) is 10.1 Å². The molecule has 1 saturated heterocycles. The van der Waals surface area contributed by atoms with Crippen molar-refractivity contribution in [2.75, 3.05) is 24.7 Å². The van der Waals surface area contributed by atoms with E-state index >= 15 is 0 Å². The summed E-state index contributed by atoms with van der Waals surface area (Å²) in [4.78, 5) is 48.4. The van der Waals surface area contributed by atoms with Crippen LogP contribution in [0, 0.1) is 24.5 Å². The summed E-state index contributed by atoms with van der Waals surface area (Å²) in [5.41, 5.74) is 6.46. The van der Waals surface area contributed by atoms with Crippen LogP contribution in [0.2, 0.25) is 0 Å². The zero-order chi connectivity index (χ0) is 28.6. The van der Waals surface area contributed by atoms with E-state index in [4.69, 9.17) is 5.73 Å². The maximum atomic E-state index is 15.0. The third-order valence-corrected chi connectivity index (χ3v) is 7.31. The van der Waals surface area contributed by atoms with Crippen molar-refractivity contribution in [1.29, 1.82) is 0 Å². The number of halogens is 2. The van der Waals surface area contributed by atoms with Crippen LogP contribution in [0.5, 0.6) is 0 Å². The molecule has 0 saturated carbocycles. The number of aryl methyl sites for hydroxylation is 1. The van der Waals surface area contributed by atoms with Crippen molar-refractivity contribution in [2.24, 2.45) is 13.0 Å². The van der Waals surface area contributed by atoms with Gasteiger partial charge < -0.3 is 10.6 Å². The summed E-state index contributed by atoms with van der Waals surface area (Å²) in [5.74, 6) is -2.56. The Kier molecular flexibility index (Phi) is 7.66. The fourth-order valence-corrected chi connectivity index (χ4v) is 5.07. The standard InChI is InChI=1S/C27H31F2N7O3/c1-6-20(17-7-8-19(28)15(2)23(17)29)33(3)27(39)36-24(26(38)34(4)22-10-12-32-35(22)5)18(25(36)37)13-16-9-11-31-21(30)14-16/h7-12,14,18,20,24H,6,13H2,1-5H3,(H2,30,31)/t18-,20?,24+/m1/s1. The number of hydrogen-bond donors (Lipinski definition) is 1. The highest BCUT2D eigenvalue weighted by atomic mass is 19.1. The number of nitrogen functional groups attached to an aromatic ring is 1. The first kappa shape index (κ1) is 27.7. The van der Waals surface area contributed by atoms with E-state index in [1.807, 2.05) is 0 Å². The number of hydrogen-bond acceptors (Lipinski definition) is 6. The average Bonchev–Trinajstić information content (AvgIpc) is 3.34. The number of anilines is 2. The minimum Gasteiger partial charge on any atom is -0.384 e. The predicted octanol–water partition coefficient (Wildman–Crippen LogP) is 3.22. The van der Waals surface area contributed by atoms with E-state index in [-0.39, 0.29) is 23.4 Å². The van der Waals surface area contributed by atoms with Crippen molar-refractivity contribution in [1.82, 2.24) is 24.6 Å². The number of carbonyl (C=O) groups is 3. The molecule has 2 N–H and O–H groups in total. The normalized spacial score (nSPS) is 17.5. The molecule has 12 heteroatoms. The molecule has 4 amide bonds. The molecule has 1 unspecified atom stereocenters. The second kappa shape index (κ2) is 10.8. The van der Waals surface area contributed by atoms with Crippen molar-refractivity contribution in [3.05, 3.63) is 71.1 Å². The first-order valence-electron chi connectivity index (χ1n) is 12.5. The average molecular weight is 540 g/mol. The van der Waals surface area contributed by atoms with Gasteiger partial charge in [-0.1, -0.05) is 13.0 Å². The van der Waals surface area contributed by atoms with Gasteiger partial charge in [-0.15, -0.1) is 0 Å². The lowest BCUT2D eigenvalue weighted by Gasteiger charge is -2.47. The number of aromatic nitrogens is 3. The summed E-state index contributed by atoms with van der Waals surface area (Å²) in [5, 5.41) is 4.09. The van der Waals surface area contributed by atoms with Crippen LogP contribution in [-0.2, 0) is 23.1 Å². The Bertz CT molecular complexity index is 1430. The molecular weight excluding hydrogens is 508 g/mol. The number of imide groups is 1. The highest BCUT2D eigenvalue weighted by molar-refractivity contribution is 6.12. The zero-order valence-corrected chi connectivity index (χ0v) is 22.4. The van der Waals surface area contributed by atoms with Crippen molar-refractivity contribution in [3.8, 4) is 0 Å². The molecule has 3 heterocycles. The van der Waals surface area contributed by atoms with Gasteiger partial charge in [0.2, 0.25) is 5.91 Å². The minimum absolute atomic E-state index is 0.124. The number of nitrogens with two attached hydrogens (primary N) is 1. The quantitative estimate of drug-likeness (QED) is 0.461. The zero-order valence-electron chi connectivity index (χ0n) is 22.4. The molecule has 0 bridgehead atoms. The molecule has 1 fully saturated rings. The third kappa shape index (κ3) is 4.93. The van der Waals surface area contributed by atoms with Gasteiger partial charge in [-0.25, -0.2) is 18.6 Å². The fourth-order valence-electron chi connectivity index (χ4n) is 5.07. The molecule has 206 valence electrons. The van der Waals surface area contributed by atoms with Gasteiger partial charge in [0.05, 0.1) is 18.2 Å². The molecule has 1 aromatic carbocycles. The number of benzene rings is 1. The summed E-state index contributed by atoms with van der Waals surface area (Å²) >= 11 is 0. The summed E-state index contributed by atoms with van der Waals surface area (Å²) in [6, 6.07) is 4.71. The topological polar surface area (TPSA) is 118 Å². The van der Waals surface area contributed by atoms with Crippen LogP contribution in [0.25, 0.3) is 0 Å². The number of nitrogens with zero attached hydrogens (tertiary/aromatic N) is 6. The lowest BCUT2D eigenvalue weighted by atomic mass is 9.81. The molecule has 3 aromatic rings. The molecular formula is C27H31F2N7O3. The number of β-lactam (4-membered cyclic amide) rings is 1. The van der Waals surface area contributed by atoms with Gasteiger partial charge in [-0.05, 0) is 43.5 Å². The van der Waals surface area contributed by atoms with Crippen molar-refractivity contribution < 1.29 is 23.2 Å². The number of likely N-dealkylation sites (tertiary alicyclic amines) is 1. The van der Waals surface area contributed by atoms with E-state index in [1.54, 1.807) is 39.2 Å². The molecule has 10 nitrogen and oxygen atoms in total. The van der Waals surface area contributed by atoms with Gasteiger partial charge in [0.1, 0.15) is 29.3 Å². The number of pyridine rings is 1. The van der Waals surface area contributed by atoms with Crippen LogP contribution >= 0.6 is 0 Å². The molecule has 1 aliphatic rings. The number of carbonyl (C=O) groups excluding carboxylic acids is 3. The number of likely N-dealkylation sites (N-methyl/N-ethyl adjacent to an activating group) is 1. The van der Waals surface area contributed by atoms with Crippen LogP contribution < -0.4 is 10.6 Å². The van der Waals surface area contributed by atoms with Crippen molar-refractivity contribution in [3.63, 3.8) is 0 Å². The van der Waals surface area contributed by atoms with Crippen LogP contribution in [0.1, 0.15) is 36.1 Å². The summed E-state index contributed by atoms with van der Waals surface area (Å²) < 4.78 is 30.4. The van der Waals surface area contributed by atoms with Crippen LogP contribution in [0.4, 0.5) is 25.2 Å². The van der Waals surface area contributed by atoms with Crippen LogP contribution in [0.15, 0.2) is 42.7 Å². The predicted molar refractivity (Wildman–Crippen MR) is 140 cm³/mol. The molecule has 1 aliphatic heterocycles. The lowest BCUT2D eigenvalue weighted by Crippen LogP contribution is -2.70. The maximum absolute atomic E-state index is 15.0. The molecule has 3 atom stereocenters. The molecule has 2 aromatic heterocycles. The second-order valence-electron chi connectivity index (χ2n) is 9.66. The molecule has 0 spiro atoms. The number of rotatable bonds is 7. The number of amides is 4. The smallest absolute Gasteiger partial charge is 0.327 e. The van der Waals surface area contributed by atoms with E-state index in [1.165, 1.54) is 46.9 Å². The highest BCUT2D eigenvalue weighted by Gasteiger charge is 2.56. The van der Waals surface area contributed by atoms with Crippen LogP contribution in [0.3, 0.4) is 0 Å². The second-order valence-corrected chi connectivity index (χ2v) is 9.66. The molecule has 0 aliphatic carbocycles.